The lowest BCUT2D eigenvalue weighted by molar-refractivity contribution is -0.0235. The smallest absolute Gasteiger partial charge is 0.0531 e. The van der Waals surface area contributed by atoms with Crippen LogP contribution in [0.5, 0.6) is 0 Å². The molecular formula is C27H46O. The highest BCUT2D eigenvalue weighted by Gasteiger charge is 2.72. The van der Waals surface area contributed by atoms with Crippen molar-refractivity contribution < 1.29 is 4.74 Å². The van der Waals surface area contributed by atoms with Gasteiger partial charge in [-0.25, -0.2) is 0 Å². The molecule has 1 spiro atoms. The van der Waals surface area contributed by atoms with Gasteiger partial charge in [-0.1, -0.05) is 53.9 Å². The Morgan fingerprint density at radius 3 is 2.54 bits per heavy atom. The standard InChI is InChI=1S/C27H46O/c1-18(2)7-6-8-19(3)22-9-10-23-21-15-27-17-28-16-20(27)11-14-26(27,5)24(21)12-13-25(22,23)4/h18-24H,6-17H2,1-5H3/t19-,20-,21+,22-,23+,24+,25-,26-,27+/m1/s1. The van der Waals surface area contributed by atoms with Crippen molar-refractivity contribution in [2.24, 2.45) is 57.7 Å². The van der Waals surface area contributed by atoms with E-state index in [9.17, 15) is 0 Å². The highest BCUT2D eigenvalue weighted by Crippen LogP contribution is 2.77. The van der Waals surface area contributed by atoms with E-state index in [0.29, 0.717) is 16.2 Å². The molecule has 160 valence electrons. The Kier molecular flexibility index (Phi) is 4.78. The molecule has 4 aliphatic carbocycles. The molecule has 0 aromatic carbocycles. The molecule has 1 heterocycles. The van der Waals surface area contributed by atoms with Gasteiger partial charge in [-0.05, 0) is 97.2 Å². The van der Waals surface area contributed by atoms with Crippen molar-refractivity contribution in [1.82, 2.24) is 0 Å². The molecule has 1 heteroatoms. The average molecular weight is 387 g/mol. The lowest BCUT2D eigenvalue weighted by Gasteiger charge is -2.51. The molecule has 1 nitrogen and oxygen atoms in total. The van der Waals surface area contributed by atoms with Crippen LogP contribution in [0.15, 0.2) is 0 Å². The minimum absolute atomic E-state index is 0.564. The summed E-state index contributed by atoms with van der Waals surface area (Å²) in [5, 5.41) is 0. The predicted octanol–water partition coefficient (Wildman–Crippen LogP) is 7.34. The van der Waals surface area contributed by atoms with Crippen LogP contribution in [0.4, 0.5) is 0 Å². The third kappa shape index (κ3) is 2.53. The third-order valence-corrected chi connectivity index (χ3v) is 11.7. The van der Waals surface area contributed by atoms with Crippen molar-refractivity contribution in [2.75, 3.05) is 13.2 Å². The molecule has 0 amide bonds. The fraction of sp³-hybridized carbons (Fsp3) is 1.00. The van der Waals surface area contributed by atoms with E-state index in [1.54, 1.807) is 0 Å². The fourth-order valence-corrected chi connectivity index (χ4v) is 10.2. The van der Waals surface area contributed by atoms with Gasteiger partial charge in [-0.15, -0.1) is 0 Å². The first-order valence-corrected chi connectivity index (χ1v) is 12.9. The topological polar surface area (TPSA) is 9.23 Å². The summed E-state index contributed by atoms with van der Waals surface area (Å²) in [7, 11) is 0. The van der Waals surface area contributed by atoms with Gasteiger partial charge in [0.1, 0.15) is 0 Å². The molecule has 4 saturated carbocycles. The van der Waals surface area contributed by atoms with Gasteiger partial charge in [0.05, 0.1) is 13.2 Å². The van der Waals surface area contributed by atoms with Crippen molar-refractivity contribution in [3.8, 4) is 0 Å². The molecular weight excluding hydrogens is 340 g/mol. The molecule has 5 rings (SSSR count). The van der Waals surface area contributed by atoms with Crippen molar-refractivity contribution in [3.05, 3.63) is 0 Å². The fourth-order valence-electron chi connectivity index (χ4n) is 10.2. The Balaban J connectivity index is 1.34. The molecule has 1 saturated heterocycles. The summed E-state index contributed by atoms with van der Waals surface area (Å²) in [6, 6.07) is 0. The summed E-state index contributed by atoms with van der Waals surface area (Å²) < 4.78 is 6.15. The minimum Gasteiger partial charge on any atom is -0.381 e. The van der Waals surface area contributed by atoms with Crippen molar-refractivity contribution in [3.63, 3.8) is 0 Å². The zero-order valence-electron chi connectivity index (χ0n) is 19.4. The van der Waals surface area contributed by atoms with Crippen LogP contribution in [0.1, 0.15) is 98.8 Å². The number of hydrogen-bond acceptors (Lipinski definition) is 1. The van der Waals surface area contributed by atoms with Gasteiger partial charge in [0, 0.05) is 5.41 Å². The zero-order valence-corrected chi connectivity index (χ0v) is 19.4. The lowest BCUT2D eigenvalue weighted by Crippen LogP contribution is -2.44. The van der Waals surface area contributed by atoms with Crippen LogP contribution in [0.3, 0.4) is 0 Å². The Hall–Kier alpha value is -0.0400. The highest BCUT2D eigenvalue weighted by molar-refractivity contribution is 5.20. The Bertz CT molecular complexity index is 597. The van der Waals surface area contributed by atoms with E-state index in [1.165, 1.54) is 64.2 Å². The molecule has 0 bridgehead atoms. The first-order chi connectivity index (χ1) is 13.3. The molecule has 9 atom stereocenters. The quantitative estimate of drug-likeness (QED) is 0.480. The molecule has 1 aliphatic heterocycles. The van der Waals surface area contributed by atoms with Crippen LogP contribution in [-0.2, 0) is 4.74 Å². The molecule has 0 N–H and O–H groups in total. The van der Waals surface area contributed by atoms with Crippen molar-refractivity contribution in [1.29, 1.82) is 0 Å². The molecule has 5 aliphatic rings. The maximum absolute atomic E-state index is 6.15. The Morgan fingerprint density at radius 2 is 1.75 bits per heavy atom. The van der Waals surface area contributed by atoms with E-state index in [1.807, 2.05) is 0 Å². The maximum atomic E-state index is 6.15. The zero-order chi connectivity index (χ0) is 19.7. The number of ether oxygens (including phenoxy) is 1. The van der Waals surface area contributed by atoms with Gasteiger partial charge in [0.2, 0.25) is 0 Å². The third-order valence-electron chi connectivity index (χ3n) is 11.7. The minimum atomic E-state index is 0.564. The van der Waals surface area contributed by atoms with E-state index in [4.69, 9.17) is 4.74 Å². The molecule has 5 fully saturated rings. The lowest BCUT2D eigenvalue weighted by atomic mass is 9.54. The van der Waals surface area contributed by atoms with Crippen molar-refractivity contribution in [2.45, 2.75) is 98.8 Å². The Morgan fingerprint density at radius 1 is 0.929 bits per heavy atom. The summed E-state index contributed by atoms with van der Waals surface area (Å²) in [5.41, 5.74) is 1.80. The predicted molar refractivity (Wildman–Crippen MR) is 117 cm³/mol. The Labute approximate surface area is 174 Å². The number of rotatable bonds is 5. The molecule has 28 heavy (non-hydrogen) atoms. The van der Waals surface area contributed by atoms with Gasteiger partial charge in [-0.3, -0.25) is 0 Å². The van der Waals surface area contributed by atoms with Crippen LogP contribution in [0.25, 0.3) is 0 Å². The van der Waals surface area contributed by atoms with Gasteiger partial charge in [0.25, 0.3) is 0 Å². The first-order valence-electron chi connectivity index (χ1n) is 12.9. The second-order valence-electron chi connectivity index (χ2n) is 12.9. The maximum Gasteiger partial charge on any atom is 0.0531 e. The van der Waals surface area contributed by atoms with Crippen LogP contribution in [0, 0.1) is 57.7 Å². The van der Waals surface area contributed by atoms with Gasteiger partial charge >= 0.3 is 0 Å². The molecule has 0 aromatic heterocycles. The van der Waals surface area contributed by atoms with E-state index < -0.39 is 0 Å². The average Bonchev–Trinajstić information content (AvgIpc) is 3.31. The molecule has 0 unspecified atom stereocenters. The largest absolute Gasteiger partial charge is 0.381 e. The molecule has 0 radical (unpaired) electrons. The summed E-state index contributed by atoms with van der Waals surface area (Å²) in [6.45, 7) is 15.0. The summed E-state index contributed by atoms with van der Waals surface area (Å²) in [5.74, 6) is 6.72. The summed E-state index contributed by atoms with van der Waals surface area (Å²) >= 11 is 0. The number of fused-ring (bicyclic) bond motifs is 4. The number of hydrogen-bond donors (Lipinski definition) is 0. The van der Waals surface area contributed by atoms with E-state index in [0.717, 1.165) is 54.6 Å². The van der Waals surface area contributed by atoms with Crippen LogP contribution in [-0.4, -0.2) is 13.2 Å². The van der Waals surface area contributed by atoms with Crippen LogP contribution < -0.4 is 0 Å². The normalized spacial score (nSPS) is 53.1. The monoisotopic (exact) mass is 386 g/mol. The van der Waals surface area contributed by atoms with Crippen molar-refractivity contribution >= 4 is 0 Å². The SMILES string of the molecule is CC(C)CCC[C@@H](C)[C@H]1CC[C@H]2[C@@H]3C[C@]45COC[C@H]4CC[C@]5(C)[C@H]3CC[C@]12C. The second kappa shape index (κ2) is 6.73. The van der Waals surface area contributed by atoms with E-state index in [-0.39, 0.29) is 0 Å². The van der Waals surface area contributed by atoms with Gasteiger partial charge in [-0.2, -0.15) is 0 Å². The van der Waals surface area contributed by atoms with Crippen LogP contribution in [0.2, 0.25) is 0 Å². The van der Waals surface area contributed by atoms with Gasteiger partial charge in [0.15, 0.2) is 0 Å². The second-order valence-corrected chi connectivity index (χ2v) is 12.9. The van der Waals surface area contributed by atoms with Gasteiger partial charge < -0.3 is 4.74 Å². The summed E-state index contributed by atoms with van der Waals surface area (Å²) in [4.78, 5) is 0. The highest BCUT2D eigenvalue weighted by atomic mass is 16.5. The molecule has 0 aromatic rings. The van der Waals surface area contributed by atoms with E-state index in [2.05, 4.69) is 34.6 Å². The van der Waals surface area contributed by atoms with E-state index >= 15 is 0 Å². The summed E-state index contributed by atoms with van der Waals surface area (Å²) in [6.07, 6.45) is 14.9. The van der Waals surface area contributed by atoms with Crippen LogP contribution >= 0.6 is 0 Å². The first kappa shape index (κ1) is 19.9.